The second-order valence-electron chi connectivity index (χ2n) is 6.81. The second kappa shape index (κ2) is 6.34. The van der Waals surface area contributed by atoms with Crippen LogP contribution < -0.4 is 0 Å². The molecule has 1 heterocycles. The van der Waals surface area contributed by atoms with Gasteiger partial charge in [-0.3, -0.25) is 0 Å². The fraction of sp³-hybridized carbons (Fsp3) is 0.350. The molecule has 138 valence electrons. The monoisotopic (exact) mass is 363 g/mol. The number of likely N-dealkylation sites (N-methyl/N-ethyl adjacent to an activating group) is 1. The first-order chi connectivity index (χ1) is 12.2. The van der Waals surface area contributed by atoms with Crippen molar-refractivity contribution in [1.29, 1.82) is 0 Å². The largest absolute Gasteiger partial charge is 0.478 e. The summed E-state index contributed by atoms with van der Waals surface area (Å²) in [5.41, 5.74) is 0.768. The fourth-order valence-electron chi connectivity index (χ4n) is 3.91. The van der Waals surface area contributed by atoms with Crippen molar-refractivity contribution in [3.8, 4) is 0 Å². The quantitative estimate of drug-likeness (QED) is 0.861. The summed E-state index contributed by atoms with van der Waals surface area (Å²) in [5.74, 6) is -1.29. The van der Waals surface area contributed by atoms with Crippen LogP contribution in [0, 0.1) is 5.92 Å². The number of carbonyl (C=O) groups is 1. The van der Waals surface area contributed by atoms with Gasteiger partial charge in [0.15, 0.2) is 0 Å². The Labute approximate surface area is 150 Å². The molecular weight excluding hydrogens is 343 g/mol. The summed E-state index contributed by atoms with van der Waals surface area (Å²) in [6, 6.07) is 5.04. The molecule has 0 saturated heterocycles. The van der Waals surface area contributed by atoms with Crippen LogP contribution in [0.4, 0.5) is 13.2 Å². The van der Waals surface area contributed by atoms with E-state index in [2.05, 4.69) is 0 Å². The molecule has 0 saturated carbocycles. The molecule has 26 heavy (non-hydrogen) atoms. The summed E-state index contributed by atoms with van der Waals surface area (Å²) < 4.78 is 38.2. The van der Waals surface area contributed by atoms with Crippen molar-refractivity contribution in [3.63, 3.8) is 0 Å². The SMILES string of the molecule is CCN1C=C(C(=O)O)C2C(Cc3ccc(C(F)(F)F)cc3)=CC=CC21C. The van der Waals surface area contributed by atoms with E-state index in [0.29, 0.717) is 18.5 Å². The molecule has 2 atom stereocenters. The van der Waals surface area contributed by atoms with Gasteiger partial charge in [-0.2, -0.15) is 13.2 Å². The van der Waals surface area contributed by atoms with Crippen molar-refractivity contribution in [2.75, 3.05) is 6.54 Å². The van der Waals surface area contributed by atoms with Gasteiger partial charge in [0.1, 0.15) is 0 Å². The molecule has 1 aromatic rings. The molecule has 1 aliphatic heterocycles. The first-order valence-corrected chi connectivity index (χ1v) is 8.43. The number of benzene rings is 1. The van der Waals surface area contributed by atoms with Gasteiger partial charge < -0.3 is 10.0 Å². The molecule has 0 radical (unpaired) electrons. The van der Waals surface area contributed by atoms with Crippen LogP contribution in [0.25, 0.3) is 0 Å². The van der Waals surface area contributed by atoms with Crippen LogP contribution in [0.5, 0.6) is 0 Å². The van der Waals surface area contributed by atoms with Crippen molar-refractivity contribution >= 4 is 5.97 Å². The first kappa shape index (κ1) is 18.3. The van der Waals surface area contributed by atoms with Gasteiger partial charge in [0.2, 0.25) is 0 Å². The highest BCUT2D eigenvalue weighted by atomic mass is 19.4. The van der Waals surface area contributed by atoms with E-state index in [4.69, 9.17) is 0 Å². The topological polar surface area (TPSA) is 40.5 Å². The maximum atomic E-state index is 12.7. The van der Waals surface area contributed by atoms with Crippen LogP contribution in [0.1, 0.15) is 25.0 Å². The summed E-state index contributed by atoms with van der Waals surface area (Å²) in [6.07, 6.45) is 3.49. The van der Waals surface area contributed by atoms with Crippen molar-refractivity contribution in [1.82, 2.24) is 4.90 Å². The third-order valence-corrected chi connectivity index (χ3v) is 5.20. The molecule has 0 bridgehead atoms. The van der Waals surface area contributed by atoms with Crippen LogP contribution in [-0.4, -0.2) is 28.1 Å². The van der Waals surface area contributed by atoms with E-state index in [1.807, 2.05) is 37.0 Å². The van der Waals surface area contributed by atoms with E-state index in [-0.39, 0.29) is 5.92 Å². The Kier molecular flexibility index (Phi) is 4.46. The Morgan fingerprint density at radius 1 is 1.27 bits per heavy atom. The van der Waals surface area contributed by atoms with E-state index < -0.39 is 23.2 Å². The van der Waals surface area contributed by atoms with E-state index in [1.54, 1.807) is 6.20 Å². The Morgan fingerprint density at radius 3 is 2.46 bits per heavy atom. The fourth-order valence-corrected chi connectivity index (χ4v) is 3.91. The molecule has 1 N–H and O–H groups in total. The molecule has 2 unspecified atom stereocenters. The van der Waals surface area contributed by atoms with Crippen LogP contribution in [0.2, 0.25) is 0 Å². The summed E-state index contributed by atoms with van der Waals surface area (Å²) >= 11 is 0. The number of hydrogen-bond donors (Lipinski definition) is 1. The summed E-state index contributed by atoms with van der Waals surface area (Å²) in [4.78, 5) is 13.7. The number of aliphatic carboxylic acids is 1. The minimum atomic E-state index is -4.36. The van der Waals surface area contributed by atoms with Crippen LogP contribution in [-0.2, 0) is 17.4 Å². The minimum absolute atomic E-state index is 0.317. The number of carboxylic acids is 1. The van der Waals surface area contributed by atoms with Gasteiger partial charge in [-0.1, -0.05) is 35.9 Å². The number of halogens is 3. The maximum Gasteiger partial charge on any atom is 0.416 e. The van der Waals surface area contributed by atoms with Crippen LogP contribution >= 0.6 is 0 Å². The number of alkyl halides is 3. The van der Waals surface area contributed by atoms with E-state index >= 15 is 0 Å². The number of hydrogen-bond acceptors (Lipinski definition) is 2. The normalized spacial score (nSPS) is 25.0. The Bertz CT molecular complexity index is 805. The lowest BCUT2D eigenvalue weighted by Gasteiger charge is -2.41. The van der Waals surface area contributed by atoms with Gasteiger partial charge in [-0.15, -0.1) is 0 Å². The smallest absolute Gasteiger partial charge is 0.416 e. The third-order valence-electron chi connectivity index (χ3n) is 5.20. The Morgan fingerprint density at radius 2 is 1.92 bits per heavy atom. The number of nitrogens with zero attached hydrogens (tertiary/aromatic N) is 1. The van der Waals surface area contributed by atoms with Gasteiger partial charge in [0.05, 0.1) is 16.7 Å². The lowest BCUT2D eigenvalue weighted by atomic mass is 9.73. The van der Waals surface area contributed by atoms with Crippen molar-refractivity contribution in [2.24, 2.45) is 5.92 Å². The molecular formula is C20H20F3NO2. The molecule has 2 aliphatic rings. The molecule has 0 amide bonds. The lowest BCUT2D eigenvalue weighted by molar-refractivity contribution is -0.137. The minimum Gasteiger partial charge on any atom is -0.478 e. The van der Waals surface area contributed by atoms with E-state index in [0.717, 1.165) is 23.3 Å². The predicted octanol–water partition coefficient (Wildman–Crippen LogP) is 4.42. The third kappa shape index (κ3) is 3.04. The summed E-state index contributed by atoms with van der Waals surface area (Å²) in [5, 5.41) is 9.62. The number of carboxylic acid groups (broad SMARTS) is 1. The highest BCUT2D eigenvalue weighted by Gasteiger charge is 2.48. The molecule has 6 heteroatoms. The average Bonchev–Trinajstić information content (AvgIpc) is 2.88. The van der Waals surface area contributed by atoms with E-state index in [1.165, 1.54) is 12.1 Å². The number of fused-ring (bicyclic) bond motifs is 1. The van der Waals surface area contributed by atoms with Crippen LogP contribution in [0.15, 0.2) is 59.8 Å². The van der Waals surface area contributed by atoms with Gasteiger partial charge >= 0.3 is 12.1 Å². The van der Waals surface area contributed by atoms with Crippen LogP contribution in [0.3, 0.4) is 0 Å². The van der Waals surface area contributed by atoms with Crippen molar-refractivity contribution in [3.05, 3.63) is 71.0 Å². The van der Waals surface area contributed by atoms with Gasteiger partial charge in [-0.25, -0.2) is 4.79 Å². The lowest BCUT2D eigenvalue weighted by Crippen LogP contribution is -2.45. The Balaban J connectivity index is 1.91. The number of allylic oxidation sites excluding steroid dienone is 2. The average molecular weight is 363 g/mol. The van der Waals surface area contributed by atoms with E-state index in [9.17, 15) is 23.1 Å². The summed E-state index contributed by atoms with van der Waals surface area (Å²) in [6.45, 7) is 4.62. The molecule has 1 aromatic carbocycles. The van der Waals surface area contributed by atoms with Crippen molar-refractivity contribution in [2.45, 2.75) is 32.0 Å². The van der Waals surface area contributed by atoms with Gasteiger partial charge in [-0.05, 0) is 38.0 Å². The first-order valence-electron chi connectivity index (χ1n) is 8.43. The second-order valence-corrected chi connectivity index (χ2v) is 6.81. The molecule has 0 spiro atoms. The highest BCUT2D eigenvalue weighted by molar-refractivity contribution is 5.89. The zero-order valence-corrected chi connectivity index (χ0v) is 14.5. The van der Waals surface area contributed by atoms with Crippen molar-refractivity contribution < 1.29 is 23.1 Å². The highest BCUT2D eigenvalue weighted by Crippen LogP contribution is 2.46. The molecule has 0 aromatic heterocycles. The Hall–Kier alpha value is -2.50. The molecule has 3 nitrogen and oxygen atoms in total. The molecule has 1 aliphatic carbocycles. The van der Waals surface area contributed by atoms with Gasteiger partial charge in [0, 0.05) is 18.7 Å². The molecule has 0 fully saturated rings. The van der Waals surface area contributed by atoms with Gasteiger partial charge in [0.25, 0.3) is 0 Å². The zero-order chi connectivity index (χ0) is 19.1. The maximum absolute atomic E-state index is 12.7. The molecule has 3 rings (SSSR count). The zero-order valence-electron chi connectivity index (χ0n) is 14.5. The standard InChI is InChI=1S/C20H20F3NO2/c1-3-24-12-16(18(25)26)17-14(5-4-10-19(17,24)2)11-13-6-8-15(9-7-13)20(21,22)23/h4-10,12,17H,3,11H2,1-2H3,(H,25,26). The number of rotatable bonds is 4. The summed E-state index contributed by atoms with van der Waals surface area (Å²) in [7, 11) is 0. The predicted molar refractivity (Wildman–Crippen MR) is 92.4 cm³/mol.